The van der Waals surface area contributed by atoms with E-state index in [1.807, 2.05) is 13.0 Å². The van der Waals surface area contributed by atoms with E-state index in [0.717, 1.165) is 54.6 Å². The van der Waals surface area contributed by atoms with Gasteiger partial charge >= 0.3 is 0 Å². The molecule has 2 aliphatic rings. The van der Waals surface area contributed by atoms with Gasteiger partial charge in [-0.25, -0.2) is 4.98 Å². The van der Waals surface area contributed by atoms with Crippen LogP contribution in [0.1, 0.15) is 52.5 Å². The molecule has 1 amide bonds. The summed E-state index contributed by atoms with van der Waals surface area (Å²) in [5.74, 6) is 2.02. The third-order valence-electron chi connectivity index (χ3n) is 5.40. The Balaban J connectivity index is 1.46. The van der Waals surface area contributed by atoms with Crippen molar-refractivity contribution in [1.29, 1.82) is 0 Å². The van der Waals surface area contributed by atoms with E-state index in [1.54, 1.807) is 0 Å². The summed E-state index contributed by atoms with van der Waals surface area (Å²) < 4.78 is 4.49. The highest BCUT2D eigenvalue weighted by molar-refractivity contribution is 5.95. The van der Waals surface area contributed by atoms with Gasteiger partial charge in [-0.3, -0.25) is 4.79 Å². The van der Waals surface area contributed by atoms with Gasteiger partial charge < -0.3 is 14.5 Å². The number of aryl methyl sites for hydroxylation is 3. The fourth-order valence-corrected chi connectivity index (χ4v) is 3.84. The third-order valence-corrected chi connectivity index (χ3v) is 5.40. The molecule has 0 saturated heterocycles. The van der Waals surface area contributed by atoms with Crippen molar-refractivity contribution in [3.05, 3.63) is 40.7 Å². The average Bonchev–Trinajstić information content (AvgIpc) is 3.22. The van der Waals surface area contributed by atoms with Crippen LogP contribution < -0.4 is 5.32 Å². The SMILES string of the molecule is Cc1cn2c(n1)CC[C@@H](NC(=O)c1cc(C)n(CC3CC3)c1C)C2. The van der Waals surface area contributed by atoms with Gasteiger partial charge in [-0.1, -0.05) is 0 Å². The topological polar surface area (TPSA) is 51.9 Å². The molecule has 1 atom stereocenters. The summed E-state index contributed by atoms with van der Waals surface area (Å²) in [6, 6.07) is 2.23. The van der Waals surface area contributed by atoms with E-state index in [2.05, 4.69) is 39.5 Å². The molecule has 5 heteroatoms. The molecule has 0 spiro atoms. The molecule has 0 unspecified atom stereocenters. The van der Waals surface area contributed by atoms with Crippen molar-refractivity contribution in [2.24, 2.45) is 5.92 Å². The van der Waals surface area contributed by atoms with Gasteiger partial charge in [0.1, 0.15) is 5.82 Å². The van der Waals surface area contributed by atoms with Crippen molar-refractivity contribution in [3.63, 3.8) is 0 Å². The van der Waals surface area contributed by atoms with Gasteiger partial charge in [0.25, 0.3) is 5.91 Å². The summed E-state index contributed by atoms with van der Waals surface area (Å²) >= 11 is 0. The Kier molecular flexibility index (Phi) is 3.74. The molecule has 0 aromatic carbocycles. The van der Waals surface area contributed by atoms with Crippen molar-refractivity contribution in [3.8, 4) is 0 Å². The third kappa shape index (κ3) is 2.87. The Labute approximate surface area is 143 Å². The number of carbonyl (C=O) groups is 1. The number of carbonyl (C=O) groups excluding carboxylic acids is 1. The number of hydrogen-bond donors (Lipinski definition) is 1. The van der Waals surface area contributed by atoms with E-state index >= 15 is 0 Å². The summed E-state index contributed by atoms with van der Waals surface area (Å²) in [5, 5.41) is 3.23. The van der Waals surface area contributed by atoms with Crippen LogP contribution >= 0.6 is 0 Å². The van der Waals surface area contributed by atoms with Crippen molar-refractivity contribution in [2.75, 3.05) is 0 Å². The lowest BCUT2D eigenvalue weighted by Crippen LogP contribution is -2.41. The van der Waals surface area contributed by atoms with Gasteiger partial charge in [-0.15, -0.1) is 0 Å². The van der Waals surface area contributed by atoms with Gasteiger partial charge in [0.15, 0.2) is 0 Å². The van der Waals surface area contributed by atoms with Gasteiger partial charge in [0, 0.05) is 43.1 Å². The summed E-state index contributed by atoms with van der Waals surface area (Å²) in [6.07, 6.45) is 6.62. The van der Waals surface area contributed by atoms with Crippen molar-refractivity contribution in [1.82, 2.24) is 19.4 Å². The zero-order valence-electron chi connectivity index (χ0n) is 14.8. The minimum Gasteiger partial charge on any atom is -0.348 e. The summed E-state index contributed by atoms with van der Waals surface area (Å²) in [6.45, 7) is 8.08. The predicted molar refractivity (Wildman–Crippen MR) is 93.2 cm³/mol. The molecule has 5 nitrogen and oxygen atoms in total. The molecule has 128 valence electrons. The molecular weight excluding hydrogens is 300 g/mol. The first-order chi connectivity index (χ1) is 11.5. The lowest BCUT2D eigenvalue weighted by atomic mass is 10.1. The first-order valence-corrected chi connectivity index (χ1v) is 9.01. The standard InChI is InChI=1S/C19H26N4O/c1-12-9-22-11-16(6-7-18(22)20-12)21-19(24)17-8-13(2)23(14(17)3)10-15-4-5-15/h8-9,15-16H,4-7,10-11H2,1-3H3,(H,21,24)/t16-/m1/s1. The molecule has 1 aliphatic heterocycles. The van der Waals surface area contributed by atoms with Crippen LogP contribution in [0.3, 0.4) is 0 Å². The van der Waals surface area contributed by atoms with Crippen LogP contribution in [0, 0.1) is 26.7 Å². The minimum atomic E-state index is 0.0652. The molecule has 2 aromatic heterocycles. The van der Waals surface area contributed by atoms with Crippen LogP contribution in [-0.2, 0) is 19.5 Å². The van der Waals surface area contributed by atoms with Gasteiger partial charge in [0.2, 0.25) is 0 Å². The van der Waals surface area contributed by atoms with E-state index in [1.165, 1.54) is 18.5 Å². The molecule has 2 aromatic rings. The lowest BCUT2D eigenvalue weighted by molar-refractivity contribution is 0.0927. The van der Waals surface area contributed by atoms with Crippen molar-refractivity contribution in [2.45, 2.75) is 65.6 Å². The van der Waals surface area contributed by atoms with E-state index < -0.39 is 0 Å². The number of aromatic nitrogens is 3. The number of hydrogen-bond acceptors (Lipinski definition) is 2. The van der Waals surface area contributed by atoms with Crippen LogP contribution in [0.25, 0.3) is 0 Å². The molecule has 1 saturated carbocycles. The van der Waals surface area contributed by atoms with Gasteiger partial charge in [-0.05, 0) is 52.0 Å². The predicted octanol–water partition coefficient (Wildman–Crippen LogP) is 2.76. The summed E-state index contributed by atoms with van der Waals surface area (Å²) in [4.78, 5) is 17.3. The maximum Gasteiger partial charge on any atom is 0.253 e. The van der Waals surface area contributed by atoms with Crippen LogP contribution in [0.2, 0.25) is 0 Å². The van der Waals surface area contributed by atoms with E-state index in [0.29, 0.717) is 0 Å². The number of imidazole rings is 1. The Hall–Kier alpha value is -2.04. The van der Waals surface area contributed by atoms with Crippen LogP contribution in [0.15, 0.2) is 12.3 Å². The molecule has 3 heterocycles. The molecule has 24 heavy (non-hydrogen) atoms. The molecule has 0 bridgehead atoms. The first kappa shape index (κ1) is 15.5. The second kappa shape index (κ2) is 5.80. The van der Waals surface area contributed by atoms with E-state index in [4.69, 9.17) is 0 Å². The highest BCUT2D eigenvalue weighted by atomic mass is 16.1. The highest BCUT2D eigenvalue weighted by Gasteiger charge is 2.26. The normalized spacial score (nSPS) is 20.0. The minimum absolute atomic E-state index is 0.0652. The molecular formula is C19H26N4O. The van der Waals surface area contributed by atoms with Gasteiger partial charge in [-0.2, -0.15) is 0 Å². The zero-order chi connectivity index (χ0) is 16.8. The van der Waals surface area contributed by atoms with Gasteiger partial charge in [0.05, 0.1) is 11.3 Å². The lowest BCUT2D eigenvalue weighted by Gasteiger charge is -2.24. The fourth-order valence-electron chi connectivity index (χ4n) is 3.84. The molecule has 4 rings (SSSR count). The smallest absolute Gasteiger partial charge is 0.253 e. The quantitative estimate of drug-likeness (QED) is 0.939. The van der Waals surface area contributed by atoms with Crippen LogP contribution in [0.4, 0.5) is 0 Å². The van der Waals surface area contributed by atoms with Crippen molar-refractivity contribution >= 4 is 5.91 Å². The summed E-state index contributed by atoms with van der Waals surface area (Å²) in [7, 11) is 0. The van der Waals surface area contributed by atoms with E-state index in [9.17, 15) is 4.79 Å². The molecule has 0 radical (unpaired) electrons. The Morgan fingerprint density at radius 3 is 2.83 bits per heavy atom. The maximum atomic E-state index is 12.8. The number of fused-ring (bicyclic) bond motifs is 1. The second-order valence-electron chi connectivity index (χ2n) is 7.50. The van der Waals surface area contributed by atoms with Crippen LogP contribution in [-0.4, -0.2) is 26.1 Å². The fraction of sp³-hybridized carbons (Fsp3) is 0.579. The van der Waals surface area contributed by atoms with E-state index in [-0.39, 0.29) is 11.9 Å². The Bertz CT molecular complexity index is 782. The number of rotatable bonds is 4. The second-order valence-corrected chi connectivity index (χ2v) is 7.50. The average molecular weight is 326 g/mol. The Morgan fingerprint density at radius 2 is 2.08 bits per heavy atom. The molecule has 1 N–H and O–H groups in total. The number of nitrogens with zero attached hydrogens (tertiary/aromatic N) is 3. The van der Waals surface area contributed by atoms with Crippen LogP contribution in [0.5, 0.6) is 0 Å². The summed E-state index contributed by atoms with van der Waals surface area (Å²) in [5.41, 5.74) is 4.19. The van der Waals surface area contributed by atoms with Crippen molar-refractivity contribution < 1.29 is 4.79 Å². The zero-order valence-corrected chi connectivity index (χ0v) is 14.8. The number of nitrogens with one attached hydrogen (secondary N) is 1. The maximum absolute atomic E-state index is 12.8. The first-order valence-electron chi connectivity index (χ1n) is 9.01. The highest BCUT2D eigenvalue weighted by Crippen LogP contribution is 2.32. The molecule has 1 fully saturated rings. The largest absolute Gasteiger partial charge is 0.348 e. The molecule has 1 aliphatic carbocycles. The number of amides is 1. The monoisotopic (exact) mass is 326 g/mol. The Morgan fingerprint density at radius 1 is 1.29 bits per heavy atom.